The molecule has 3 rings (SSSR count). The van der Waals surface area contributed by atoms with Gasteiger partial charge in [0.2, 0.25) is 5.91 Å². The van der Waals surface area contributed by atoms with Crippen molar-refractivity contribution in [3.63, 3.8) is 0 Å². The first-order chi connectivity index (χ1) is 13.0. The Kier molecular flexibility index (Phi) is 10.3. The van der Waals surface area contributed by atoms with E-state index in [0.29, 0.717) is 44.8 Å². The van der Waals surface area contributed by atoms with E-state index in [1.54, 1.807) is 17.0 Å². The number of nitrogens with two attached hydrogens (primary N) is 1. The quantitative estimate of drug-likeness (QED) is 0.711. The maximum atomic E-state index is 13.3. The molecule has 2 aliphatic heterocycles. The molecule has 2 fully saturated rings. The lowest BCUT2D eigenvalue weighted by molar-refractivity contribution is -0.145. The van der Waals surface area contributed by atoms with Crippen LogP contribution in [0.5, 0.6) is 0 Å². The fraction of sp³-hybridized carbons (Fsp3) is 0.579. The molecule has 0 radical (unpaired) electrons. The van der Waals surface area contributed by atoms with Gasteiger partial charge in [-0.05, 0) is 38.0 Å². The first-order valence-electron chi connectivity index (χ1n) is 9.42. The van der Waals surface area contributed by atoms with Crippen LogP contribution in [0.1, 0.15) is 19.8 Å². The highest BCUT2D eigenvalue weighted by Gasteiger charge is 2.35. The van der Waals surface area contributed by atoms with E-state index in [1.165, 1.54) is 12.1 Å². The van der Waals surface area contributed by atoms with Crippen LogP contribution in [0.25, 0.3) is 0 Å². The Morgan fingerprint density at radius 1 is 1.24 bits per heavy atom. The highest BCUT2D eigenvalue weighted by molar-refractivity contribution is 5.94. The SMILES string of the molecule is CC(C(=O)Nc1cccc(F)c1)N1CCN(C(=O)[C@@H]2CC[C@H](CN)O2)CC1.Cl.Cl. The summed E-state index contributed by atoms with van der Waals surface area (Å²) in [5, 5.41) is 2.74. The lowest BCUT2D eigenvalue weighted by Crippen LogP contribution is -2.55. The molecule has 2 aliphatic rings. The first kappa shape index (κ1) is 25.6. The van der Waals surface area contributed by atoms with Crippen LogP contribution in [-0.4, -0.2) is 72.6 Å². The molecule has 1 unspecified atom stereocenters. The summed E-state index contributed by atoms with van der Waals surface area (Å²) in [7, 11) is 0. The molecule has 1 aromatic carbocycles. The number of rotatable bonds is 5. The van der Waals surface area contributed by atoms with Gasteiger partial charge in [0.1, 0.15) is 11.9 Å². The number of piperazine rings is 1. The van der Waals surface area contributed by atoms with Gasteiger partial charge in [-0.25, -0.2) is 4.39 Å². The normalized spacial score (nSPS) is 22.9. The van der Waals surface area contributed by atoms with E-state index < -0.39 is 11.9 Å². The molecule has 3 atom stereocenters. The average molecular weight is 451 g/mol. The van der Waals surface area contributed by atoms with Crippen LogP contribution in [0.2, 0.25) is 0 Å². The van der Waals surface area contributed by atoms with Crippen LogP contribution in [0.4, 0.5) is 10.1 Å². The van der Waals surface area contributed by atoms with Gasteiger partial charge in [-0.1, -0.05) is 6.07 Å². The Bertz CT molecular complexity index is 689. The highest BCUT2D eigenvalue weighted by Crippen LogP contribution is 2.21. The molecule has 164 valence electrons. The third-order valence-electron chi connectivity index (χ3n) is 5.29. The van der Waals surface area contributed by atoms with Gasteiger partial charge in [0.15, 0.2) is 0 Å². The predicted octanol–water partition coefficient (Wildman–Crippen LogP) is 1.65. The molecule has 0 saturated carbocycles. The number of nitrogens with one attached hydrogen (secondary N) is 1. The van der Waals surface area contributed by atoms with Crippen molar-refractivity contribution in [3.05, 3.63) is 30.1 Å². The van der Waals surface area contributed by atoms with Crippen molar-refractivity contribution in [2.75, 3.05) is 38.0 Å². The minimum absolute atomic E-state index is 0. The van der Waals surface area contributed by atoms with Crippen LogP contribution in [0.15, 0.2) is 24.3 Å². The third-order valence-corrected chi connectivity index (χ3v) is 5.29. The zero-order chi connectivity index (χ0) is 19.4. The summed E-state index contributed by atoms with van der Waals surface area (Å²) in [4.78, 5) is 28.8. The van der Waals surface area contributed by atoms with Gasteiger partial charge in [-0.2, -0.15) is 0 Å². The molecule has 0 aromatic heterocycles. The Hall–Kier alpha value is -1.45. The van der Waals surface area contributed by atoms with E-state index in [2.05, 4.69) is 5.32 Å². The van der Waals surface area contributed by atoms with E-state index in [4.69, 9.17) is 10.5 Å². The molecule has 0 aliphatic carbocycles. The van der Waals surface area contributed by atoms with Gasteiger partial charge in [-0.15, -0.1) is 24.8 Å². The number of hydrogen-bond acceptors (Lipinski definition) is 5. The molecule has 2 heterocycles. The van der Waals surface area contributed by atoms with E-state index >= 15 is 0 Å². The zero-order valence-electron chi connectivity index (χ0n) is 16.4. The summed E-state index contributed by atoms with van der Waals surface area (Å²) in [6.07, 6.45) is 1.13. The van der Waals surface area contributed by atoms with E-state index in [1.807, 2.05) is 11.8 Å². The largest absolute Gasteiger partial charge is 0.364 e. The molecule has 3 N–H and O–H groups in total. The van der Waals surface area contributed by atoms with E-state index in [0.717, 1.165) is 6.42 Å². The second-order valence-electron chi connectivity index (χ2n) is 7.10. The van der Waals surface area contributed by atoms with Gasteiger partial charge >= 0.3 is 0 Å². The van der Waals surface area contributed by atoms with Crippen LogP contribution in [0.3, 0.4) is 0 Å². The minimum atomic E-state index is -0.390. The van der Waals surface area contributed by atoms with Crippen LogP contribution < -0.4 is 11.1 Å². The third kappa shape index (κ3) is 6.52. The molecule has 1 aromatic rings. The summed E-state index contributed by atoms with van der Waals surface area (Å²) in [6, 6.07) is 5.46. The Balaban J connectivity index is 0.00000210. The number of amides is 2. The summed E-state index contributed by atoms with van der Waals surface area (Å²) in [5.41, 5.74) is 6.04. The molecule has 7 nitrogen and oxygen atoms in total. The highest BCUT2D eigenvalue weighted by atomic mass is 35.5. The number of ether oxygens (including phenoxy) is 1. The van der Waals surface area contributed by atoms with Crippen molar-refractivity contribution >= 4 is 42.3 Å². The number of benzene rings is 1. The van der Waals surface area contributed by atoms with Crippen molar-refractivity contribution in [2.24, 2.45) is 5.73 Å². The lowest BCUT2D eigenvalue weighted by Gasteiger charge is -2.38. The maximum absolute atomic E-state index is 13.3. The average Bonchev–Trinajstić information content (AvgIpc) is 3.16. The number of hydrogen-bond donors (Lipinski definition) is 2. The minimum Gasteiger partial charge on any atom is -0.364 e. The molecular formula is C19H29Cl2FN4O3. The van der Waals surface area contributed by atoms with Gasteiger partial charge in [-0.3, -0.25) is 14.5 Å². The van der Waals surface area contributed by atoms with Gasteiger partial charge in [0, 0.05) is 38.4 Å². The van der Waals surface area contributed by atoms with E-state index in [9.17, 15) is 14.0 Å². The lowest BCUT2D eigenvalue weighted by atomic mass is 10.1. The van der Waals surface area contributed by atoms with Crippen molar-refractivity contribution in [2.45, 2.75) is 38.0 Å². The number of halogens is 3. The Morgan fingerprint density at radius 3 is 2.52 bits per heavy atom. The number of carbonyl (C=O) groups is 2. The van der Waals surface area contributed by atoms with Crippen molar-refractivity contribution < 1.29 is 18.7 Å². The second kappa shape index (κ2) is 11.7. The molecule has 0 spiro atoms. The summed E-state index contributed by atoms with van der Waals surface area (Å²) in [6.45, 7) is 4.59. The fourth-order valence-electron chi connectivity index (χ4n) is 3.57. The van der Waals surface area contributed by atoms with Crippen LogP contribution in [-0.2, 0) is 14.3 Å². The molecular weight excluding hydrogens is 422 g/mol. The smallest absolute Gasteiger partial charge is 0.251 e. The Morgan fingerprint density at radius 2 is 1.93 bits per heavy atom. The molecule has 10 heteroatoms. The number of anilines is 1. The summed E-state index contributed by atoms with van der Waals surface area (Å²) >= 11 is 0. The molecule has 2 saturated heterocycles. The first-order valence-corrected chi connectivity index (χ1v) is 9.42. The zero-order valence-corrected chi connectivity index (χ0v) is 18.0. The van der Waals surface area contributed by atoms with Crippen molar-refractivity contribution in [3.8, 4) is 0 Å². The van der Waals surface area contributed by atoms with Gasteiger partial charge < -0.3 is 20.7 Å². The van der Waals surface area contributed by atoms with Crippen molar-refractivity contribution in [1.29, 1.82) is 0 Å². The van der Waals surface area contributed by atoms with Crippen molar-refractivity contribution in [1.82, 2.24) is 9.80 Å². The number of carbonyl (C=O) groups excluding carboxylic acids is 2. The Labute approximate surface area is 182 Å². The number of nitrogens with zero attached hydrogens (tertiary/aromatic N) is 2. The monoisotopic (exact) mass is 450 g/mol. The second-order valence-corrected chi connectivity index (χ2v) is 7.10. The van der Waals surface area contributed by atoms with Crippen LogP contribution in [0, 0.1) is 5.82 Å². The topological polar surface area (TPSA) is 87.9 Å². The van der Waals surface area contributed by atoms with Crippen LogP contribution >= 0.6 is 24.8 Å². The summed E-state index contributed by atoms with van der Waals surface area (Å²) in [5.74, 6) is -0.564. The standard InChI is InChI=1S/C19H27FN4O3.2ClH/c1-13(18(25)22-15-4-2-3-14(20)11-15)23-7-9-24(10-8-23)19(26)17-6-5-16(12-21)27-17;;/h2-4,11,13,16-17H,5-10,12,21H2,1H3,(H,22,25);2*1H/t13?,16-,17+;;/m1../s1. The predicted molar refractivity (Wildman–Crippen MR) is 114 cm³/mol. The van der Waals surface area contributed by atoms with Gasteiger partial charge in [0.05, 0.1) is 12.1 Å². The molecule has 2 amide bonds. The summed E-state index contributed by atoms with van der Waals surface area (Å²) < 4.78 is 18.9. The van der Waals surface area contributed by atoms with Gasteiger partial charge in [0.25, 0.3) is 5.91 Å². The van der Waals surface area contributed by atoms with E-state index in [-0.39, 0.29) is 48.8 Å². The molecule has 0 bridgehead atoms. The molecule has 29 heavy (non-hydrogen) atoms. The maximum Gasteiger partial charge on any atom is 0.251 e. The fourth-order valence-corrected chi connectivity index (χ4v) is 3.57.